The fraction of sp³-hybridized carbons (Fsp3) is 0.357. The molecule has 0 saturated carbocycles. The zero-order valence-corrected chi connectivity index (χ0v) is 10.6. The molecule has 0 fully saturated rings. The summed E-state index contributed by atoms with van der Waals surface area (Å²) >= 11 is 0. The number of aliphatic hydroxyl groups excluding tert-OH is 1. The number of rotatable bonds is 6. The van der Waals surface area contributed by atoms with Crippen molar-refractivity contribution in [1.82, 2.24) is 9.55 Å². The Labute approximate surface area is 107 Å². The summed E-state index contributed by atoms with van der Waals surface area (Å²) in [6, 6.07) is 7.81. The van der Waals surface area contributed by atoms with Gasteiger partial charge in [0.05, 0.1) is 25.2 Å². The molecule has 4 nitrogen and oxygen atoms in total. The number of imidazole rings is 1. The van der Waals surface area contributed by atoms with Gasteiger partial charge in [-0.05, 0) is 24.1 Å². The molecule has 0 unspecified atom stereocenters. The average molecular weight is 245 g/mol. The second kappa shape index (κ2) is 6.21. The van der Waals surface area contributed by atoms with Crippen LogP contribution in [0.25, 0.3) is 0 Å². The molecule has 4 heteroatoms. The first-order chi connectivity index (χ1) is 8.83. The maximum absolute atomic E-state index is 9.09. The molecule has 2 aromatic rings. The van der Waals surface area contributed by atoms with Gasteiger partial charge in [-0.2, -0.15) is 0 Å². The highest BCUT2D eigenvalue weighted by atomic mass is 16.3. The summed E-state index contributed by atoms with van der Waals surface area (Å²) in [7, 11) is 0. The summed E-state index contributed by atoms with van der Waals surface area (Å²) in [5.41, 5.74) is 3.11. The molecule has 0 saturated heterocycles. The Balaban J connectivity index is 1.99. The van der Waals surface area contributed by atoms with Crippen LogP contribution in [0.2, 0.25) is 0 Å². The molecule has 2 N–H and O–H groups in total. The van der Waals surface area contributed by atoms with E-state index < -0.39 is 0 Å². The number of anilines is 1. The Kier molecular flexibility index (Phi) is 4.36. The average Bonchev–Trinajstić information content (AvgIpc) is 2.85. The molecule has 18 heavy (non-hydrogen) atoms. The standard InChI is InChI=1S/C14H19N3O/c1-2-6-17-11-15-8-14(17)9-16-13-5-3-4-12(7-13)10-18/h3-5,7-8,11,16,18H,2,6,9-10H2,1H3. The van der Waals surface area contributed by atoms with Crippen molar-refractivity contribution in [3.63, 3.8) is 0 Å². The van der Waals surface area contributed by atoms with E-state index in [4.69, 9.17) is 5.11 Å². The highest BCUT2D eigenvalue weighted by Gasteiger charge is 2.01. The molecule has 0 aliphatic rings. The van der Waals surface area contributed by atoms with Gasteiger partial charge in [-0.3, -0.25) is 0 Å². The van der Waals surface area contributed by atoms with Crippen LogP contribution in [-0.2, 0) is 19.7 Å². The predicted molar refractivity (Wildman–Crippen MR) is 72.2 cm³/mol. The topological polar surface area (TPSA) is 50.1 Å². The summed E-state index contributed by atoms with van der Waals surface area (Å²) in [6.07, 6.45) is 4.85. The monoisotopic (exact) mass is 245 g/mol. The molecule has 0 bridgehead atoms. The van der Waals surface area contributed by atoms with E-state index in [-0.39, 0.29) is 6.61 Å². The highest BCUT2D eigenvalue weighted by Crippen LogP contribution is 2.12. The van der Waals surface area contributed by atoms with Crippen LogP contribution in [0, 0.1) is 0 Å². The van der Waals surface area contributed by atoms with Crippen molar-refractivity contribution in [3.05, 3.63) is 48.0 Å². The molecule has 2 rings (SSSR count). The van der Waals surface area contributed by atoms with Crippen molar-refractivity contribution >= 4 is 5.69 Å². The van der Waals surface area contributed by atoms with Crippen molar-refractivity contribution in [2.75, 3.05) is 5.32 Å². The number of hydrogen-bond acceptors (Lipinski definition) is 3. The van der Waals surface area contributed by atoms with Crippen molar-refractivity contribution < 1.29 is 5.11 Å². The number of aromatic nitrogens is 2. The van der Waals surface area contributed by atoms with Crippen LogP contribution in [0.3, 0.4) is 0 Å². The van der Waals surface area contributed by atoms with Crippen molar-refractivity contribution in [2.45, 2.75) is 33.0 Å². The van der Waals surface area contributed by atoms with Crippen LogP contribution in [0.4, 0.5) is 5.69 Å². The molecule has 1 aromatic heterocycles. The van der Waals surface area contributed by atoms with Crippen molar-refractivity contribution in [2.24, 2.45) is 0 Å². The van der Waals surface area contributed by atoms with Gasteiger partial charge in [0.25, 0.3) is 0 Å². The SMILES string of the molecule is CCCn1cncc1CNc1cccc(CO)c1. The van der Waals surface area contributed by atoms with E-state index in [9.17, 15) is 0 Å². The van der Waals surface area contributed by atoms with Gasteiger partial charge in [0.2, 0.25) is 0 Å². The Morgan fingerprint density at radius 3 is 3.06 bits per heavy atom. The lowest BCUT2D eigenvalue weighted by atomic mass is 10.2. The summed E-state index contributed by atoms with van der Waals surface area (Å²) in [5.74, 6) is 0. The molecular weight excluding hydrogens is 226 g/mol. The first-order valence-electron chi connectivity index (χ1n) is 6.26. The number of benzene rings is 1. The molecular formula is C14H19N3O. The smallest absolute Gasteiger partial charge is 0.0948 e. The molecule has 1 heterocycles. The Morgan fingerprint density at radius 2 is 2.28 bits per heavy atom. The van der Waals surface area contributed by atoms with Crippen LogP contribution >= 0.6 is 0 Å². The third-order valence-corrected chi connectivity index (χ3v) is 2.85. The quantitative estimate of drug-likeness (QED) is 0.821. The number of aliphatic hydroxyl groups is 1. The lowest BCUT2D eigenvalue weighted by Crippen LogP contribution is -2.07. The molecule has 0 aliphatic carbocycles. The van der Waals surface area contributed by atoms with Crippen LogP contribution < -0.4 is 5.32 Å². The maximum Gasteiger partial charge on any atom is 0.0948 e. The van der Waals surface area contributed by atoms with Crippen molar-refractivity contribution in [3.8, 4) is 0 Å². The minimum absolute atomic E-state index is 0.0727. The number of hydrogen-bond donors (Lipinski definition) is 2. The first kappa shape index (κ1) is 12.6. The molecule has 0 amide bonds. The minimum Gasteiger partial charge on any atom is -0.392 e. The number of aryl methyl sites for hydroxylation is 1. The molecule has 0 spiro atoms. The van der Waals surface area contributed by atoms with Gasteiger partial charge in [0.15, 0.2) is 0 Å². The zero-order chi connectivity index (χ0) is 12.8. The van der Waals surface area contributed by atoms with Gasteiger partial charge in [-0.25, -0.2) is 4.98 Å². The summed E-state index contributed by atoms with van der Waals surface area (Å²) in [4.78, 5) is 4.17. The fourth-order valence-electron chi connectivity index (χ4n) is 1.91. The predicted octanol–water partition coefficient (Wildman–Crippen LogP) is 2.40. The molecule has 96 valence electrons. The maximum atomic E-state index is 9.09. The van der Waals surface area contributed by atoms with Crippen molar-refractivity contribution in [1.29, 1.82) is 0 Å². The van der Waals surface area contributed by atoms with Crippen LogP contribution in [0.15, 0.2) is 36.8 Å². The van der Waals surface area contributed by atoms with E-state index in [0.29, 0.717) is 0 Å². The normalized spacial score (nSPS) is 10.6. The molecule has 0 radical (unpaired) electrons. The first-order valence-corrected chi connectivity index (χ1v) is 6.26. The summed E-state index contributed by atoms with van der Waals surface area (Å²) < 4.78 is 2.16. The van der Waals surface area contributed by atoms with E-state index >= 15 is 0 Å². The Morgan fingerprint density at radius 1 is 1.39 bits per heavy atom. The minimum atomic E-state index is 0.0727. The number of nitrogens with one attached hydrogen (secondary N) is 1. The zero-order valence-electron chi connectivity index (χ0n) is 10.6. The molecule has 0 atom stereocenters. The van der Waals surface area contributed by atoms with E-state index in [1.165, 1.54) is 5.69 Å². The second-order valence-electron chi connectivity index (χ2n) is 4.29. The van der Waals surface area contributed by atoms with E-state index in [0.717, 1.165) is 30.8 Å². The van der Waals surface area contributed by atoms with Crippen LogP contribution in [0.1, 0.15) is 24.6 Å². The third-order valence-electron chi connectivity index (χ3n) is 2.85. The van der Waals surface area contributed by atoms with Gasteiger partial charge < -0.3 is 15.0 Å². The lowest BCUT2D eigenvalue weighted by Gasteiger charge is -2.10. The van der Waals surface area contributed by atoms with E-state index in [1.807, 2.05) is 36.8 Å². The van der Waals surface area contributed by atoms with Gasteiger partial charge in [0, 0.05) is 18.4 Å². The number of nitrogens with zero attached hydrogens (tertiary/aromatic N) is 2. The van der Waals surface area contributed by atoms with Gasteiger partial charge in [0.1, 0.15) is 0 Å². The highest BCUT2D eigenvalue weighted by molar-refractivity contribution is 5.45. The molecule has 0 aliphatic heterocycles. The van der Waals surface area contributed by atoms with E-state index in [1.54, 1.807) is 0 Å². The summed E-state index contributed by atoms with van der Waals surface area (Å²) in [6.45, 7) is 3.97. The van der Waals surface area contributed by atoms with Gasteiger partial charge in [-0.15, -0.1) is 0 Å². The lowest BCUT2D eigenvalue weighted by molar-refractivity contribution is 0.282. The van der Waals surface area contributed by atoms with E-state index in [2.05, 4.69) is 21.8 Å². The van der Waals surface area contributed by atoms with Crippen LogP contribution in [-0.4, -0.2) is 14.7 Å². The van der Waals surface area contributed by atoms with Crippen LogP contribution in [0.5, 0.6) is 0 Å². The summed E-state index contributed by atoms with van der Waals surface area (Å²) in [5, 5.41) is 12.4. The largest absolute Gasteiger partial charge is 0.392 e. The second-order valence-corrected chi connectivity index (χ2v) is 4.29. The van der Waals surface area contributed by atoms with Gasteiger partial charge >= 0.3 is 0 Å². The Bertz CT molecular complexity index is 493. The third kappa shape index (κ3) is 3.11. The Hall–Kier alpha value is -1.81. The fourth-order valence-corrected chi connectivity index (χ4v) is 1.91. The molecule has 1 aromatic carbocycles. The van der Waals surface area contributed by atoms with Gasteiger partial charge in [-0.1, -0.05) is 19.1 Å².